The maximum absolute atomic E-state index is 4.68. The topological polar surface area (TPSA) is 77.1 Å². The van der Waals surface area contributed by atoms with E-state index in [1.807, 2.05) is 44.1 Å². The average molecular weight is 352 g/mol. The van der Waals surface area contributed by atoms with E-state index in [1.54, 1.807) is 0 Å². The van der Waals surface area contributed by atoms with Crippen molar-refractivity contribution in [3.63, 3.8) is 0 Å². The first-order chi connectivity index (χ1) is 12.6. The fourth-order valence-corrected chi connectivity index (χ4v) is 3.19. The summed E-state index contributed by atoms with van der Waals surface area (Å²) in [6.07, 6.45) is 0. The van der Waals surface area contributed by atoms with E-state index in [2.05, 4.69) is 40.8 Å². The maximum Gasteiger partial charge on any atom is 0.230 e. The highest BCUT2D eigenvalue weighted by molar-refractivity contribution is 5.74. The van der Waals surface area contributed by atoms with Crippen LogP contribution in [0, 0.1) is 6.92 Å². The van der Waals surface area contributed by atoms with Crippen LogP contribution in [-0.2, 0) is 6.54 Å². The molecular formula is C18H24N8. The number of piperazine rings is 1. The molecule has 0 unspecified atom stereocenters. The van der Waals surface area contributed by atoms with Gasteiger partial charge in [-0.1, -0.05) is 12.1 Å². The van der Waals surface area contributed by atoms with Crippen molar-refractivity contribution in [3.05, 3.63) is 35.9 Å². The van der Waals surface area contributed by atoms with E-state index < -0.39 is 0 Å². The molecule has 2 aromatic heterocycles. The Labute approximate surface area is 152 Å². The Hall–Kier alpha value is -2.74. The minimum atomic E-state index is 0.706. The molecule has 4 rings (SSSR count). The summed E-state index contributed by atoms with van der Waals surface area (Å²) in [6, 6.07) is 8.15. The molecule has 8 heteroatoms. The number of imidazole rings is 1. The molecule has 136 valence electrons. The van der Waals surface area contributed by atoms with Crippen molar-refractivity contribution in [2.45, 2.75) is 13.5 Å². The molecule has 1 aliphatic rings. The molecule has 8 nitrogen and oxygen atoms in total. The first kappa shape index (κ1) is 16.7. The minimum absolute atomic E-state index is 0.706. The van der Waals surface area contributed by atoms with Crippen molar-refractivity contribution >= 4 is 22.9 Å². The number of benzene rings is 1. The Morgan fingerprint density at radius 2 is 1.77 bits per heavy atom. The predicted octanol–water partition coefficient (Wildman–Crippen LogP) is 1.44. The van der Waals surface area contributed by atoms with Crippen LogP contribution in [0.4, 0.5) is 11.9 Å². The Morgan fingerprint density at radius 1 is 1.00 bits per heavy atom. The standard InChI is InChI=1S/C18H24N8/c1-13-19-17(24(2)3)23-18(20-13)26-10-8-25(9-11-26)12-16-21-14-6-4-5-7-15(14)22-16/h4-7H,8-12H2,1-3H3,(H,21,22). The van der Waals surface area contributed by atoms with Crippen molar-refractivity contribution in [1.29, 1.82) is 0 Å². The Bertz CT molecular complexity index is 862. The van der Waals surface area contributed by atoms with Crippen molar-refractivity contribution in [2.24, 2.45) is 0 Å². The summed E-state index contributed by atoms with van der Waals surface area (Å²) < 4.78 is 0. The normalized spacial score (nSPS) is 15.6. The van der Waals surface area contributed by atoms with Gasteiger partial charge in [-0.05, 0) is 19.1 Å². The molecule has 26 heavy (non-hydrogen) atoms. The van der Waals surface area contributed by atoms with Crippen LogP contribution in [0.3, 0.4) is 0 Å². The van der Waals surface area contributed by atoms with E-state index >= 15 is 0 Å². The van der Waals surface area contributed by atoms with Crippen LogP contribution in [0.5, 0.6) is 0 Å². The van der Waals surface area contributed by atoms with Gasteiger partial charge in [-0.15, -0.1) is 0 Å². The first-order valence-electron chi connectivity index (χ1n) is 8.89. The molecule has 1 aromatic carbocycles. The zero-order valence-electron chi connectivity index (χ0n) is 15.5. The minimum Gasteiger partial charge on any atom is -0.347 e. The number of hydrogen-bond acceptors (Lipinski definition) is 7. The van der Waals surface area contributed by atoms with Gasteiger partial charge in [-0.3, -0.25) is 4.90 Å². The second kappa shape index (κ2) is 6.87. The van der Waals surface area contributed by atoms with Crippen LogP contribution in [0.2, 0.25) is 0 Å². The number of hydrogen-bond donors (Lipinski definition) is 1. The number of fused-ring (bicyclic) bond motifs is 1. The smallest absolute Gasteiger partial charge is 0.230 e. The molecule has 0 aliphatic carbocycles. The highest BCUT2D eigenvalue weighted by Gasteiger charge is 2.21. The number of aromatic amines is 1. The van der Waals surface area contributed by atoms with Crippen LogP contribution in [-0.4, -0.2) is 70.1 Å². The number of anilines is 2. The van der Waals surface area contributed by atoms with Crippen molar-refractivity contribution in [3.8, 4) is 0 Å². The average Bonchev–Trinajstić information content (AvgIpc) is 3.04. The van der Waals surface area contributed by atoms with Gasteiger partial charge in [-0.2, -0.15) is 15.0 Å². The van der Waals surface area contributed by atoms with Crippen molar-refractivity contribution < 1.29 is 0 Å². The zero-order valence-corrected chi connectivity index (χ0v) is 15.5. The molecule has 3 heterocycles. The second-order valence-electron chi connectivity index (χ2n) is 6.84. The molecule has 1 saturated heterocycles. The van der Waals surface area contributed by atoms with E-state index in [0.717, 1.165) is 61.4 Å². The summed E-state index contributed by atoms with van der Waals surface area (Å²) in [5, 5.41) is 0. The molecule has 0 saturated carbocycles. The van der Waals surface area contributed by atoms with Crippen LogP contribution in [0.15, 0.2) is 24.3 Å². The van der Waals surface area contributed by atoms with Crippen molar-refractivity contribution in [2.75, 3.05) is 50.1 Å². The number of rotatable bonds is 4. The fourth-order valence-electron chi connectivity index (χ4n) is 3.19. The molecule has 3 aromatic rings. The van der Waals surface area contributed by atoms with Gasteiger partial charge in [0.25, 0.3) is 0 Å². The SMILES string of the molecule is Cc1nc(N(C)C)nc(N2CCN(Cc3nc4ccccc4[nH]3)CC2)n1. The number of nitrogens with zero attached hydrogens (tertiary/aromatic N) is 7. The number of H-pyrrole nitrogens is 1. The molecule has 0 amide bonds. The number of aryl methyl sites for hydroxylation is 1. The molecule has 0 spiro atoms. The summed E-state index contributed by atoms with van der Waals surface area (Å²) in [6.45, 7) is 6.46. The van der Waals surface area contributed by atoms with Crippen LogP contribution < -0.4 is 9.80 Å². The van der Waals surface area contributed by atoms with Gasteiger partial charge in [0.2, 0.25) is 11.9 Å². The quantitative estimate of drug-likeness (QED) is 0.761. The van der Waals surface area contributed by atoms with Gasteiger partial charge >= 0.3 is 0 Å². The monoisotopic (exact) mass is 352 g/mol. The van der Waals surface area contributed by atoms with Crippen LogP contribution in [0.25, 0.3) is 11.0 Å². The molecule has 0 atom stereocenters. The summed E-state index contributed by atoms with van der Waals surface area (Å²) in [4.78, 5) is 28.1. The van der Waals surface area contributed by atoms with Gasteiger partial charge in [0.15, 0.2) is 0 Å². The van der Waals surface area contributed by atoms with Crippen LogP contribution in [0.1, 0.15) is 11.6 Å². The van der Waals surface area contributed by atoms with E-state index in [9.17, 15) is 0 Å². The lowest BCUT2D eigenvalue weighted by Gasteiger charge is -2.34. The second-order valence-corrected chi connectivity index (χ2v) is 6.84. The molecular weight excluding hydrogens is 328 g/mol. The summed E-state index contributed by atoms with van der Waals surface area (Å²) in [5.74, 6) is 3.25. The van der Waals surface area contributed by atoms with Gasteiger partial charge in [0.05, 0.1) is 17.6 Å². The lowest BCUT2D eigenvalue weighted by molar-refractivity contribution is 0.244. The predicted molar refractivity (Wildman–Crippen MR) is 102 cm³/mol. The molecule has 1 fully saturated rings. The first-order valence-corrected chi connectivity index (χ1v) is 8.89. The highest BCUT2D eigenvalue weighted by atomic mass is 15.4. The van der Waals surface area contributed by atoms with Gasteiger partial charge in [0.1, 0.15) is 11.6 Å². The molecule has 0 radical (unpaired) electrons. The number of aromatic nitrogens is 5. The highest BCUT2D eigenvalue weighted by Crippen LogP contribution is 2.16. The van der Waals surface area contributed by atoms with E-state index in [-0.39, 0.29) is 0 Å². The Morgan fingerprint density at radius 3 is 2.50 bits per heavy atom. The third kappa shape index (κ3) is 3.45. The van der Waals surface area contributed by atoms with Gasteiger partial charge in [-0.25, -0.2) is 4.98 Å². The lowest BCUT2D eigenvalue weighted by Crippen LogP contribution is -2.46. The van der Waals surface area contributed by atoms with E-state index in [4.69, 9.17) is 0 Å². The van der Waals surface area contributed by atoms with Crippen molar-refractivity contribution in [1.82, 2.24) is 29.8 Å². The van der Waals surface area contributed by atoms with Gasteiger partial charge in [0, 0.05) is 40.3 Å². The van der Waals surface area contributed by atoms with Gasteiger partial charge < -0.3 is 14.8 Å². The maximum atomic E-state index is 4.68. The third-order valence-corrected chi connectivity index (χ3v) is 4.59. The molecule has 1 N–H and O–H groups in total. The molecule has 0 bridgehead atoms. The summed E-state index contributed by atoms with van der Waals surface area (Å²) in [7, 11) is 3.90. The zero-order chi connectivity index (χ0) is 18.1. The largest absolute Gasteiger partial charge is 0.347 e. The number of nitrogens with one attached hydrogen (secondary N) is 1. The summed E-state index contributed by atoms with van der Waals surface area (Å²) >= 11 is 0. The van der Waals surface area contributed by atoms with E-state index in [1.165, 1.54) is 0 Å². The lowest BCUT2D eigenvalue weighted by atomic mass is 10.3. The summed E-state index contributed by atoms with van der Waals surface area (Å²) in [5.41, 5.74) is 2.12. The molecule has 1 aliphatic heterocycles. The Balaban J connectivity index is 1.41. The Kier molecular flexibility index (Phi) is 4.42. The van der Waals surface area contributed by atoms with Crippen LogP contribution >= 0.6 is 0 Å². The van der Waals surface area contributed by atoms with E-state index in [0.29, 0.717) is 5.95 Å². The number of para-hydroxylation sites is 2. The fraction of sp³-hybridized carbons (Fsp3) is 0.444. The third-order valence-electron chi connectivity index (χ3n) is 4.59.